The van der Waals surface area contributed by atoms with E-state index in [0.717, 1.165) is 11.1 Å². The largest absolute Gasteiger partial charge is 0.494 e. The van der Waals surface area contributed by atoms with E-state index in [1.165, 1.54) is 29.4 Å². The number of ether oxygens (including phenoxy) is 1. The van der Waals surface area contributed by atoms with E-state index >= 15 is 0 Å². The third kappa shape index (κ3) is 5.52. The number of hydrogen-bond acceptors (Lipinski definition) is 7. The third-order valence-corrected chi connectivity index (χ3v) is 8.99. The lowest BCUT2D eigenvalue weighted by Crippen LogP contribution is -2.29. The molecule has 0 N–H and O–H groups in total. The first-order valence-electron chi connectivity index (χ1n) is 13.5. The van der Waals surface area contributed by atoms with Crippen LogP contribution in [-0.4, -0.2) is 29.6 Å². The molecule has 0 aliphatic carbocycles. The number of halogens is 4. The van der Waals surface area contributed by atoms with Crippen LogP contribution in [0.25, 0.3) is 11.3 Å². The van der Waals surface area contributed by atoms with E-state index in [0.29, 0.717) is 55.4 Å². The van der Waals surface area contributed by atoms with Crippen LogP contribution >= 0.6 is 51.5 Å². The van der Waals surface area contributed by atoms with Gasteiger partial charge in [-0.3, -0.25) is 9.59 Å². The van der Waals surface area contributed by atoms with Crippen LogP contribution in [0.2, 0.25) is 10.0 Å². The quantitative estimate of drug-likeness (QED) is 0.164. The molecular formula is C33H22BrCl2FN4O3S. The molecule has 7 rings (SSSR count). The maximum absolute atomic E-state index is 14.6. The number of methoxy groups -OCH3 is 1. The lowest BCUT2D eigenvalue weighted by Gasteiger charge is -2.22. The van der Waals surface area contributed by atoms with Gasteiger partial charge < -0.3 is 4.74 Å². The van der Waals surface area contributed by atoms with E-state index in [1.807, 2.05) is 17.5 Å². The van der Waals surface area contributed by atoms with Crippen molar-refractivity contribution in [2.24, 2.45) is 5.10 Å². The Kier molecular flexibility index (Phi) is 8.49. The Labute approximate surface area is 282 Å². The maximum atomic E-state index is 14.6. The van der Waals surface area contributed by atoms with Crippen molar-refractivity contribution in [1.29, 1.82) is 0 Å². The molecular weight excluding hydrogens is 702 g/mol. The van der Waals surface area contributed by atoms with Crippen molar-refractivity contribution in [2.45, 2.75) is 12.5 Å². The second kappa shape index (κ2) is 12.4. The Bertz CT molecular complexity index is 1980. The highest BCUT2D eigenvalue weighted by Gasteiger charge is 2.37. The van der Waals surface area contributed by atoms with Crippen LogP contribution in [0.4, 0.5) is 15.2 Å². The number of aromatic nitrogens is 1. The standard InChI is InChI=1S/C33H21Cl2FN4O3S.BrH/c1-43-30-12-9-19(14-26(30)36)27-16-29(24-11-10-20(34)15-25(24)35)40(38-27)33-37-28(17-44-33)18-5-4-6-21(13-18)39-31(41)22-7-2-3-8-23(22)32(39)42;/h2-15,17,29H,16H2,1H3;1H. The fourth-order valence-corrected chi connectivity index (χ4v) is 6.82. The normalized spacial score (nSPS) is 15.6. The molecule has 226 valence electrons. The number of hydrogen-bond donors (Lipinski definition) is 0. The summed E-state index contributed by atoms with van der Waals surface area (Å²) in [5.74, 6) is -1.06. The van der Waals surface area contributed by atoms with Crippen LogP contribution < -0.4 is 14.6 Å². The molecule has 0 spiro atoms. The second-order valence-corrected chi connectivity index (χ2v) is 11.9. The first-order chi connectivity index (χ1) is 21.3. The number of fused-ring (bicyclic) bond motifs is 1. The average molecular weight is 724 g/mol. The van der Waals surface area contributed by atoms with Gasteiger partial charge in [0, 0.05) is 33.0 Å². The minimum Gasteiger partial charge on any atom is -0.494 e. The van der Waals surface area contributed by atoms with E-state index in [-0.39, 0.29) is 40.6 Å². The van der Waals surface area contributed by atoms with Crippen molar-refractivity contribution < 1.29 is 18.7 Å². The molecule has 7 nitrogen and oxygen atoms in total. The van der Waals surface area contributed by atoms with Crippen LogP contribution in [0.5, 0.6) is 5.75 Å². The van der Waals surface area contributed by atoms with Crippen molar-refractivity contribution in [2.75, 3.05) is 17.0 Å². The molecule has 0 bridgehead atoms. The topological polar surface area (TPSA) is 75.1 Å². The molecule has 1 aromatic heterocycles. The summed E-state index contributed by atoms with van der Waals surface area (Å²) in [5, 5.41) is 10.1. The molecule has 2 amide bonds. The van der Waals surface area contributed by atoms with Gasteiger partial charge in [0.1, 0.15) is 0 Å². The van der Waals surface area contributed by atoms with Gasteiger partial charge in [0.25, 0.3) is 11.8 Å². The Balaban J connectivity index is 0.00000357. The summed E-state index contributed by atoms with van der Waals surface area (Å²) in [6.45, 7) is 0. The molecule has 1 unspecified atom stereocenters. The van der Waals surface area contributed by atoms with E-state index < -0.39 is 5.82 Å². The summed E-state index contributed by atoms with van der Waals surface area (Å²) >= 11 is 14.2. The van der Waals surface area contributed by atoms with Gasteiger partial charge >= 0.3 is 0 Å². The number of anilines is 2. The van der Waals surface area contributed by atoms with E-state index in [1.54, 1.807) is 71.7 Å². The number of nitrogens with zero attached hydrogens (tertiary/aromatic N) is 4. The van der Waals surface area contributed by atoms with Gasteiger partial charge in [0.2, 0.25) is 5.13 Å². The SMILES string of the molecule is Br.COc1ccc(C2=NN(c3nc(-c4cccc(N5C(=O)c6ccccc6C5=O)c4)cs3)C(c3ccc(Cl)cc3Cl)C2)cc1F. The number of amides is 2. The first kappa shape index (κ1) is 30.9. The van der Waals surface area contributed by atoms with Crippen molar-refractivity contribution in [3.63, 3.8) is 0 Å². The molecule has 4 aromatic carbocycles. The molecule has 0 saturated carbocycles. The molecule has 0 radical (unpaired) electrons. The zero-order chi connectivity index (χ0) is 30.5. The van der Waals surface area contributed by atoms with Gasteiger partial charge in [0.05, 0.1) is 41.4 Å². The van der Waals surface area contributed by atoms with Crippen molar-refractivity contribution in [1.82, 2.24) is 4.98 Å². The number of benzene rings is 4. The summed E-state index contributed by atoms with van der Waals surface area (Å²) in [4.78, 5) is 32.2. The lowest BCUT2D eigenvalue weighted by atomic mass is 9.98. The Hall–Kier alpha value is -4.09. The molecule has 2 aliphatic heterocycles. The average Bonchev–Trinajstić information content (AvgIpc) is 3.75. The van der Waals surface area contributed by atoms with Crippen molar-refractivity contribution in [3.8, 4) is 17.0 Å². The molecule has 2 aliphatic rings. The highest BCUT2D eigenvalue weighted by Crippen LogP contribution is 2.42. The summed E-state index contributed by atoms with van der Waals surface area (Å²) < 4.78 is 19.7. The third-order valence-electron chi connectivity index (χ3n) is 7.60. The maximum Gasteiger partial charge on any atom is 0.266 e. The second-order valence-electron chi connectivity index (χ2n) is 10.2. The molecule has 5 aromatic rings. The van der Waals surface area contributed by atoms with Crippen LogP contribution in [0.1, 0.15) is 44.3 Å². The minimum atomic E-state index is -0.485. The van der Waals surface area contributed by atoms with E-state index in [2.05, 4.69) is 0 Å². The first-order valence-corrected chi connectivity index (χ1v) is 15.2. The zero-order valence-corrected chi connectivity index (χ0v) is 27.5. The Morgan fingerprint density at radius 1 is 0.911 bits per heavy atom. The van der Waals surface area contributed by atoms with Gasteiger partial charge in [0.15, 0.2) is 11.6 Å². The Morgan fingerprint density at radius 2 is 1.67 bits per heavy atom. The number of hydrazone groups is 1. The van der Waals surface area contributed by atoms with Crippen molar-refractivity contribution >= 4 is 79.9 Å². The lowest BCUT2D eigenvalue weighted by molar-refractivity contribution is 0.0926. The van der Waals surface area contributed by atoms with E-state index in [4.69, 9.17) is 38.0 Å². The predicted octanol–water partition coefficient (Wildman–Crippen LogP) is 9.00. The fourth-order valence-electron chi connectivity index (χ4n) is 5.45. The highest BCUT2D eigenvalue weighted by molar-refractivity contribution is 8.93. The smallest absolute Gasteiger partial charge is 0.266 e. The van der Waals surface area contributed by atoms with Crippen LogP contribution in [0.3, 0.4) is 0 Å². The predicted molar refractivity (Wildman–Crippen MR) is 181 cm³/mol. The molecule has 12 heteroatoms. The number of carbonyl (C=O) groups excluding carboxylic acids is 2. The summed E-state index contributed by atoms with van der Waals surface area (Å²) in [6.07, 6.45) is 0.442. The van der Waals surface area contributed by atoms with E-state index in [9.17, 15) is 14.0 Å². The molecule has 3 heterocycles. The minimum absolute atomic E-state index is 0. The zero-order valence-electron chi connectivity index (χ0n) is 23.4. The monoisotopic (exact) mass is 722 g/mol. The van der Waals surface area contributed by atoms with Crippen molar-refractivity contribution in [3.05, 3.63) is 128 Å². The van der Waals surface area contributed by atoms with Crippen LogP contribution in [0.15, 0.2) is 95.4 Å². The Morgan fingerprint density at radius 3 is 2.36 bits per heavy atom. The van der Waals surface area contributed by atoms with Gasteiger partial charge in [-0.2, -0.15) is 5.10 Å². The number of imide groups is 1. The fraction of sp³-hybridized carbons (Fsp3) is 0.0909. The number of rotatable bonds is 6. The van der Waals surface area contributed by atoms with Crippen LogP contribution in [-0.2, 0) is 0 Å². The molecule has 0 saturated heterocycles. The number of carbonyl (C=O) groups is 2. The highest BCUT2D eigenvalue weighted by atomic mass is 79.9. The van der Waals surface area contributed by atoms with Gasteiger partial charge in [-0.1, -0.05) is 53.5 Å². The molecule has 1 atom stereocenters. The van der Waals surface area contributed by atoms with Gasteiger partial charge in [-0.05, 0) is 60.2 Å². The summed E-state index contributed by atoms with van der Waals surface area (Å²) in [6, 6.07) is 23.6. The van der Waals surface area contributed by atoms with Crippen LogP contribution in [0, 0.1) is 5.82 Å². The van der Waals surface area contributed by atoms with Gasteiger partial charge in [-0.25, -0.2) is 19.3 Å². The molecule has 45 heavy (non-hydrogen) atoms. The molecule has 0 fully saturated rings. The summed E-state index contributed by atoms with van der Waals surface area (Å²) in [5.41, 5.74) is 4.66. The summed E-state index contributed by atoms with van der Waals surface area (Å²) in [7, 11) is 1.42. The van der Waals surface area contributed by atoms with Gasteiger partial charge in [-0.15, -0.1) is 28.3 Å². The number of thiazole rings is 1.